The molecule has 0 bridgehead atoms. The van der Waals surface area contributed by atoms with Gasteiger partial charge in [-0.3, -0.25) is 0 Å². The van der Waals surface area contributed by atoms with Crippen molar-refractivity contribution in [3.8, 4) is 5.75 Å². The molecule has 128 valence electrons. The molecule has 2 rings (SSSR count). The molecule has 23 heavy (non-hydrogen) atoms. The molecular weight excluding hydrogens is 308 g/mol. The van der Waals surface area contributed by atoms with E-state index in [4.69, 9.17) is 9.47 Å². The van der Waals surface area contributed by atoms with E-state index in [1.54, 1.807) is 30.6 Å². The van der Waals surface area contributed by atoms with Crippen LogP contribution in [0.15, 0.2) is 6.20 Å². The normalized spacial score (nSPS) is 15.6. The van der Waals surface area contributed by atoms with Gasteiger partial charge in [0, 0.05) is 26.2 Å². The van der Waals surface area contributed by atoms with Gasteiger partial charge in [0.05, 0.1) is 13.3 Å². The highest BCUT2D eigenvalue weighted by Gasteiger charge is 2.28. The minimum Gasteiger partial charge on any atom is -0.490 e. The molecule has 1 saturated heterocycles. The van der Waals surface area contributed by atoms with E-state index < -0.39 is 17.2 Å². The van der Waals surface area contributed by atoms with Crippen LogP contribution < -0.4 is 9.64 Å². The second-order valence-corrected chi connectivity index (χ2v) is 6.23. The van der Waals surface area contributed by atoms with Gasteiger partial charge >= 0.3 is 6.09 Å². The van der Waals surface area contributed by atoms with Gasteiger partial charge < -0.3 is 19.3 Å². The summed E-state index contributed by atoms with van der Waals surface area (Å²) < 4.78 is 37.2. The SMILES string of the molecule is COc1c(N2CCN(C(=O)OC(C)(C)C)CC2)ncc(F)c1F. The Morgan fingerprint density at radius 2 is 1.83 bits per heavy atom. The summed E-state index contributed by atoms with van der Waals surface area (Å²) in [5.74, 6) is -2.11. The minimum atomic E-state index is -1.06. The smallest absolute Gasteiger partial charge is 0.410 e. The van der Waals surface area contributed by atoms with Gasteiger partial charge in [-0.05, 0) is 20.8 Å². The number of methoxy groups -OCH3 is 1. The number of pyridine rings is 1. The first kappa shape index (κ1) is 17.2. The van der Waals surface area contributed by atoms with E-state index in [0.29, 0.717) is 26.2 Å². The maximum atomic E-state index is 13.8. The molecule has 0 aromatic carbocycles. The highest BCUT2D eigenvalue weighted by Crippen LogP contribution is 2.30. The molecule has 6 nitrogen and oxygen atoms in total. The molecule has 0 atom stereocenters. The van der Waals surface area contributed by atoms with Crippen LogP contribution in [0.4, 0.5) is 19.4 Å². The number of hydrogen-bond acceptors (Lipinski definition) is 5. The summed E-state index contributed by atoms with van der Waals surface area (Å²) in [6.07, 6.45) is 0.440. The number of carbonyl (C=O) groups is 1. The Morgan fingerprint density at radius 3 is 2.35 bits per heavy atom. The number of amides is 1. The third-order valence-corrected chi connectivity index (χ3v) is 3.35. The standard InChI is InChI=1S/C15H21F2N3O3/c1-15(2,3)23-14(21)20-7-5-19(6-8-20)13-12(22-4)11(17)10(16)9-18-13/h9H,5-8H2,1-4H3. The van der Waals surface area contributed by atoms with E-state index in [-0.39, 0.29) is 17.7 Å². The quantitative estimate of drug-likeness (QED) is 0.834. The summed E-state index contributed by atoms with van der Waals surface area (Å²) in [6, 6.07) is 0. The summed E-state index contributed by atoms with van der Waals surface area (Å²) in [7, 11) is 1.26. The molecule has 0 N–H and O–H groups in total. The van der Waals surface area contributed by atoms with Gasteiger partial charge in [0.25, 0.3) is 0 Å². The van der Waals surface area contributed by atoms with Crippen LogP contribution in [0.3, 0.4) is 0 Å². The van der Waals surface area contributed by atoms with E-state index in [1.165, 1.54) is 7.11 Å². The zero-order valence-electron chi connectivity index (χ0n) is 13.7. The Hall–Kier alpha value is -2.12. The van der Waals surface area contributed by atoms with Crippen LogP contribution in [-0.4, -0.2) is 54.9 Å². The predicted molar refractivity (Wildman–Crippen MR) is 80.7 cm³/mol. The lowest BCUT2D eigenvalue weighted by atomic mass is 10.2. The van der Waals surface area contributed by atoms with Crippen LogP contribution in [-0.2, 0) is 4.74 Å². The lowest BCUT2D eigenvalue weighted by molar-refractivity contribution is 0.0240. The van der Waals surface area contributed by atoms with E-state index in [9.17, 15) is 13.6 Å². The lowest BCUT2D eigenvalue weighted by Gasteiger charge is -2.36. The largest absolute Gasteiger partial charge is 0.490 e. The van der Waals surface area contributed by atoms with Crippen molar-refractivity contribution in [1.29, 1.82) is 0 Å². The van der Waals surface area contributed by atoms with Crippen molar-refractivity contribution in [3.63, 3.8) is 0 Å². The number of carbonyl (C=O) groups excluding carboxylic acids is 1. The van der Waals surface area contributed by atoms with Crippen LogP contribution in [0.5, 0.6) is 5.75 Å². The molecule has 2 heterocycles. The third kappa shape index (κ3) is 4.00. The second-order valence-electron chi connectivity index (χ2n) is 6.23. The van der Waals surface area contributed by atoms with Crippen LogP contribution >= 0.6 is 0 Å². The Kier molecular flexibility index (Phi) is 4.91. The first-order valence-electron chi connectivity index (χ1n) is 7.34. The molecule has 0 radical (unpaired) electrons. The molecular formula is C15H21F2N3O3. The molecule has 1 aromatic heterocycles. The summed E-state index contributed by atoms with van der Waals surface area (Å²) in [4.78, 5) is 19.3. The number of aromatic nitrogens is 1. The molecule has 1 aromatic rings. The van der Waals surface area contributed by atoms with Crippen LogP contribution in [0.25, 0.3) is 0 Å². The topological polar surface area (TPSA) is 54.9 Å². The van der Waals surface area contributed by atoms with Crippen molar-refractivity contribution >= 4 is 11.9 Å². The van der Waals surface area contributed by atoms with Gasteiger partial charge in [0.1, 0.15) is 5.60 Å². The van der Waals surface area contributed by atoms with Crippen LogP contribution in [0.2, 0.25) is 0 Å². The molecule has 1 amide bonds. The maximum absolute atomic E-state index is 13.8. The minimum absolute atomic E-state index is 0.226. The molecule has 0 spiro atoms. The summed E-state index contributed by atoms with van der Waals surface area (Å²) in [6.45, 7) is 7.06. The highest BCUT2D eigenvalue weighted by atomic mass is 19.2. The zero-order chi connectivity index (χ0) is 17.2. The number of anilines is 1. The summed E-state index contributed by atoms with van der Waals surface area (Å²) in [5, 5.41) is 0. The van der Waals surface area contributed by atoms with E-state index in [0.717, 1.165) is 6.20 Å². The van der Waals surface area contributed by atoms with Gasteiger partial charge in [-0.2, -0.15) is 4.39 Å². The highest BCUT2D eigenvalue weighted by molar-refractivity contribution is 5.68. The number of piperazine rings is 1. The van der Waals surface area contributed by atoms with Crippen LogP contribution in [0, 0.1) is 11.6 Å². The third-order valence-electron chi connectivity index (χ3n) is 3.35. The van der Waals surface area contributed by atoms with E-state index in [1.807, 2.05) is 0 Å². The Balaban J connectivity index is 2.05. The number of hydrogen-bond donors (Lipinski definition) is 0. The fraction of sp³-hybridized carbons (Fsp3) is 0.600. The maximum Gasteiger partial charge on any atom is 0.410 e. The molecule has 0 unspecified atom stereocenters. The Morgan fingerprint density at radius 1 is 1.22 bits per heavy atom. The van der Waals surface area contributed by atoms with Crippen molar-refractivity contribution in [2.24, 2.45) is 0 Å². The molecule has 1 aliphatic heterocycles. The average Bonchev–Trinajstić information content (AvgIpc) is 2.48. The molecule has 0 aliphatic carbocycles. The van der Waals surface area contributed by atoms with Crippen molar-refractivity contribution in [1.82, 2.24) is 9.88 Å². The monoisotopic (exact) mass is 329 g/mol. The van der Waals surface area contributed by atoms with Crippen molar-refractivity contribution in [3.05, 3.63) is 17.8 Å². The van der Waals surface area contributed by atoms with Gasteiger partial charge in [-0.1, -0.05) is 0 Å². The fourth-order valence-electron chi connectivity index (χ4n) is 2.27. The van der Waals surface area contributed by atoms with E-state index >= 15 is 0 Å². The lowest BCUT2D eigenvalue weighted by Crippen LogP contribution is -2.50. The molecule has 0 saturated carbocycles. The van der Waals surface area contributed by atoms with Crippen molar-refractivity contribution in [2.75, 3.05) is 38.2 Å². The average molecular weight is 329 g/mol. The number of nitrogens with zero attached hydrogens (tertiary/aromatic N) is 3. The second kappa shape index (κ2) is 6.55. The summed E-state index contributed by atoms with van der Waals surface area (Å²) >= 11 is 0. The fourth-order valence-corrected chi connectivity index (χ4v) is 2.27. The number of ether oxygens (including phenoxy) is 2. The van der Waals surface area contributed by atoms with Crippen molar-refractivity contribution < 1.29 is 23.0 Å². The van der Waals surface area contributed by atoms with Gasteiger partial charge in [0.2, 0.25) is 11.6 Å². The first-order valence-corrected chi connectivity index (χ1v) is 7.34. The van der Waals surface area contributed by atoms with Gasteiger partial charge in [-0.25, -0.2) is 14.2 Å². The van der Waals surface area contributed by atoms with Crippen molar-refractivity contribution in [2.45, 2.75) is 26.4 Å². The van der Waals surface area contributed by atoms with Gasteiger partial charge in [0.15, 0.2) is 11.6 Å². The zero-order valence-corrected chi connectivity index (χ0v) is 13.7. The number of halogens is 2. The summed E-state index contributed by atoms with van der Waals surface area (Å²) in [5.41, 5.74) is -0.556. The Bertz CT molecular complexity index is 582. The predicted octanol–water partition coefficient (Wildman–Crippen LogP) is 2.43. The molecule has 1 fully saturated rings. The Labute approximate surface area is 134 Å². The first-order chi connectivity index (χ1) is 10.7. The van der Waals surface area contributed by atoms with Crippen LogP contribution in [0.1, 0.15) is 20.8 Å². The number of rotatable bonds is 2. The molecule has 8 heteroatoms. The molecule has 1 aliphatic rings. The van der Waals surface area contributed by atoms with Gasteiger partial charge in [-0.15, -0.1) is 0 Å². The van der Waals surface area contributed by atoms with E-state index in [2.05, 4.69) is 4.98 Å².